The molecule has 0 N–H and O–H groups in total. The van der Waals surface area contributed by atoms with Crippen LogP contribution in [0.1, 0.15) is 42.7 Å². The maximum absolute atomic E-state index is 15.0. The lowest BCUT2D eigenvalue weighted by Crippen LogP contribution is -2.25. The second kappa shape index (κ2) is 10.4. The molecule has 1 nitrogen and oxygen atoms in total. The molecular formula is C30H20F8O. The van der Waals surface area contributed by atoms with E-state index in [-0.39, 0.29) is 11.6 Å². The Hall–Kier alpha value is -3.88. The summed E-state index contributed by atoms with van der Waals surface area (Å²) in [6, 6.07) is 11.4. The third kappa shape index (κ3) is 5.35. The highest BCUT2D eigenvalue weighted by molar-refractivity contribution is 5.72. The van der Waals surface area contributed by atoms with Gasteiger partial charge in [-0.25, -0.2) is 26.3 Å². The van der Waals surface area contributed by atoms with E-state index in [1.807, 2.05) is 12.1 Å². The number of ether oxygens (including phenoxy) is 1. The largest absolute Gasteiger partial charge is 0.432 e. The van der Waals surface area contributed by atoms with E-state index in [0.717, 1.165) is 43.4 Å². The minimum absolute atomic E-state index is 0.191. The average molecular weight is 548 g/mol. The van der Waals surface area contributed by atoms with Gasteiger partial charge in [0, 0.05) is 6.07 Å². The van der Waals surface area contributed by atoms with E-state index in [9.17, 15) is 26.3 Å². The molecule has 9 heteroatoms. The summed E-state index contributed by atoms with van der Waals surface area (Å²) in [5, 5.41) is 0. The van der Waals surface area contributed by atoms with E-state index in [1.165, 1.54) is 0 Å². The summed E-state index contributed by atoms with van der Waals surface area (Å²) >= 11 is 0. The highest BCUT2D eigenvalue weighted by Gasteiger charge is 2.41. The van der Waals surface area contributed by atoms with Crippen LogP contribution in [0.25, 0.3) is 22.3 Å². The normalized spacial score (nSPS) is 14.2. The number of halogens is 8. The van der Waals surface area contributed by atoms with Gasteiger partial charge in [-0.2, -0.15) is 8.78 Å². The van der Waals surface area contributed by atoms with Crippen molar-refractivity contribution in [2.45, 2.75) is 37.7 Å². The minimum atomic E-state index is -4.66. The zero-order chi connectivity index (χ0) is 27.9. The molecule has 0 atom stereocenters. The maximum Gasteiger partial charge on any atom is 0.432 e. The highest BCUT2D eigenvalue weighted by Crippen LogP contribution is 2.39. The SMILES string of the molecule is Fc1ccc(OC(F)(F)c2c(F)cc(-c3c(F)cc(-c4ccc(C5CCCC5)cc4)cc3F)cc2F)cc1F. The van der Waals surface area contributed by atoms with E-state index >= 15 is 8.78 Å². The Morgan fingerprint density at radius 1 is 0.564 bits per heavy atom. The standard InChI is InChI=1S/C30H20F8O/c31-22-10-9-21(15-23(22)32)39-30(37,38)29-26(35)13-20(14-27(29)36)28-24(33)11-19(12-25(28)34)18-7-5-17(6-8-18)16-3-1-2-4-16/h5-16H,1-4H2. The van der Waals surface area contributed by atoms with E-state index in [1.54, 1.807) is 12.1 Å². The first-order chi connectivity index (χ1) is 18.5. The van der Waals surface area contributed by atoms with Crippen LogP contribution in [0.5, 0.6) is 5.75 Å². The summed E-state index contributed by atoms with van der Waals surface area (Å²) in [5.41, 5.74) is -1.47. The van der Waals surface area contributed by atoms with Gasteiger partial charge in [0.2, 0.25) is 0 Å². The molecule has 0 radical (unpaired) electrons. The van der Waals surface area contributed by atoms with Gasteiger partial charge in [-0.05, 0) is 77.4 Å². The lowest BCUT2D eigenvalue weighted by atomic mass is 9.94. The molecule has 0 bridgehead atoms. The lowest BCUT2D eigenvalue weighted by molar-refractivity contribution is -0.189. The van der Waals surface area contributed by atoms with Crippen LogP contribution in [-0.2, 0) is 6.11 Å². The number of alkyl halides is 2. The predicted octanol–water partition coefficient (Wildman–Crippen LogP) is 9.64. The first-order valence-corrected chi connectivity index (χ1v) is 12.1. The summed E-state index contributed by atoms with van der Waals surface area (Å²) in [6.45, 7) is 0. The highest BCUT2D eigenvalue weighted by atomic mass is 19.3. The molecule has 0 aromatic heterocycles. The zero-order valence-corrected chi connectivity index (χ0v) is 20.2. The van der Waals surface area contributed by atoms with E-state index < -0.39 is 63.5 Å². The maximum atomic E-state index is 15.0. The van der Waals surface area contributed by atoms with Gasteiger partial charge in [-0.15, -0.1) is 0 Å². The van der Waals surface area contributed by atoms with Crippen molar-refractivity contribution in [3.63, 3.8) is 0 Å². The van der Waals surface area contributed by atoms with Gasteiger partial charge in [-0.3, -0.25) is 0 Å². The molecule has 0 unspecified atom stereocenters. The zero-order valence-electron chi connectivity index (χ0n) is 20.2. The van der Waals surface area contributed by atoms with Gasteiger partial charge < -0.3 is 4.74 Å². The molecular weight excluding hydrogens is 528 g/mol. The third-order valence-electron chi connectivity index (χ3n) is 6.87. The fraction of sp³-hybridized carbons (Fsp3) is 0.200. The van der Waals surface area contributed by atoms with Crippen molar-refractivity contribution < 1.29 is 39.9 Å². The van der Waals surface area contributed by atoms with Gasteiger partial charge in [-0.1, -0.05) is 37.1 Å². The Bertz CT molecular complexity index is 1480. The summed E-state index contributed by atoms with van der Waals surface area (Å²) in [5.74, 6) is -9.32. The van der Waals surface area contributed by atoms with E-state index in [0.29, 0.717) is 35.7 Å². The number of hydrogen-bond donors (Lipinski definition) is 0. The molecule has 39 heavy (non-hydrogen) atoms. The van der Waals surface area contributed by atoms with Crippen LogP contribution < -0.4 is 4.74 Å². The Morgan fingerprint density at radius 2 is 1.13 bits per heavy atom. The minimum Gasteiger partial charge on any atom is -0.429 e. The van der Waals surface area contributed by atoms with Crippen LogP contribution in [0.3, 0.4) is 0 Å². The molecule has 0 amide bonds. The van der Waals surface area contributed by atoms with Gasteiger partial charge in [0.1, 0.15) is 34.6 Å². The summed E-state index contributed by atoms with van der Waals surface area (Å²) in [4.78, 5) is 0. The quantitative estimate of drug-likeness (QED) is 0.218. The average Bonchev–Trinajstić information content (AvgIpc) is 3.40. The predicted molar refractivity (Wildman–Crippen MR) is 129 cm³/mol. The van der Waals surface area contributed by atoms with Crippen LogP contribution >= 0.6 is 0 Å². The fourth-order valence-corrected chi connectivity index (χ4v) is 4.96. The molecule has 1 aliphatic rings. The van der Waals surface area contributed by atoms with Crippen LogP contribution in [0.15, 0.2) is 66.7 Å². The topological polar surface area (TPSA) is 9.23 Å². The Morgan fingerprint density at radius 3 is 1.69 bits per heavy atom. The fourth-order valence-electron chi connectivity index (χ4n) is 4.96. The molecule has 0 spiro atoms. The summed E-state index contributed by atoms with van der Waals surface area (Å²) in [6.07, 6.45) is -0.169. The first kappa shape index (κ1) is 26.7. The molecule has 1 aliphatic carbocycles. The van der Waals surface area contributed by atoms with Crippen molar-refractivity contribution in [2.75, 3.05) is 0 Å². The lowest BCUT2D eigenvalue weighted by Gasteiger charge is -2.20. The molecule has 0 aliphatic heterocycles. The summed E-state index contributed by atoms with van der Waals surface area (Å²) < 4.78 is 119. The van der Waals surface area contributed by atoms with Crippen molar-refractivity contribution in [2.24, 2.45) is 0 Å². The molecule has 1 saturated carbocycles. The van der Waals surface area contributed by atoms with Gasteiger partial charge in [0.05, 0.1) is 5.56 Å². The van der Waals surface area contributed by atoms with Crippen molar-refractivity contribution >= 4 is 0 Å². The van der Waals surface area contributed by atoms with E-state index in [2.05, 4.69) is 4.74 Å². The Balaban J connectivity index is 1.44. The van der Waals surface area contributed by atoms with Gasteiger partial charge in [0.15, 0.2) is 11.6 Å². The molecule has 4 aromatic rings. The van der Waals surface area contributed by atoms with Crippen LogP contribution in [0.2, 0.25) is 0 Å². The van der Waals surface area contributed by atoms with Crippen LogP contribution in [0.4, 0.5) is 35.1 Å². The molecule has 202 valence electrons. The second-order valence-corrected chi connectivity index (χ2v) is 9.43. The summed E-state index contributed by atoms with van der Waals surface area (Å²) in [7, 11) is 0. The molecule has 5 rings (SSSR count). The molecule has 0 saturated heterocycles. The molecule has 1 fully saturated rings. The van der Waals surface area contributed by atoms with Gasteiger partial charge >= 0.3 is 6.11 Å². The van der Waals surface area contributed by atoms with Crippen molar-refractivity contribution in [3.8, 4) is 28.0 Å². The Labute approximate surface area is 218 Å². The van der Waals surface area contributed by atoms with Gasteiger partial charge in [0.25, 0.3) is 0 Å². The smallest absolute Gasteiger partial charge is 0.429 e. The van der Waals surface area contributed by atoms with Crippen molar-refractivity contribution in [3.05, 3.63) is 113 Å². The number of rotatable bonds is 6. The van der Waals surface area contributed by atoms with Crippen LogP contribution in [0, 0.1) is 34.9 Å². The number of hydrogen-bond acceptors (Lipinski definition) is 1. The van der Waals surface area contributed by atoms with E-state index in [4.69, 9.17) is 0 Å². The first-order valence-electron chi connectivity index (χ1n) is 12.1. The number of benzene rings is 4. The van der Waals surface area contributed by atoms with Crippen molar-refractivity contribution in [1.29, 1.82) is 0 Å². The third-order valence-corrected chi connectivity index (χ3v) is 6.87. The second-order valence-electron chi connectivity index (χ2n) is 9.43. The van der Waals surface area contributed by atoms with Crippen molar-refractivity contribution in [1.82, 2.24) is 0 Å². The molecule has 4 aromatic carbocycles. The molecule has 0 heterocycles. The monoisotopic (exact) mass is 548 g/mol. The van der Waals surface area contributed by atoms with Crippen LogP contribution in [-0.4, -0.2) is 0 Å². The Kier molecular flexibility index (Phi) is 7.09.